The third-order valence-corrected chi connectivity index (χ3v) is 6.98. The molecule has 0 radical (unpaired) electrons. The van der Waals surface area contributed by atoms with Gasteiger partial charge in [-0.2, -0.15) is 5.26 Å². The average Bonchev–Trinajstić information content (AvgIpc) is 2.89. The first-order valence-corrected chi connectivity index (χ1v) is 12.0. The summed E-state index contributed by atoms with van der Waals surface area (Å²) in [6.45, 7) is 3.48. The summed E-state index contributed by atoms with van der Waals surface area (Å²) < 4.78 is 31.1. The van der Waals surface area contributed by atoms with Gasteiger partial charge < -0.3 is 19.5 Å². The molecule has 1 N–H and O–H groups in total. The Bertz CT molecular complexity index is 1270. The van der Waals surface area contributed by atoms with E-state index in [1.54, 1.807) is 24.5 Å². The molecule has 0 aliphatic carbocycles. The number of rotatable bonds is 7. The number of hydrogen-bond donors (Lipinski definition) is 1. The molecule has 2 saturated heterocycles. The number of nitrogens with zero attached hydrogens (tertiary/aromatic N) is 4. The monoisotopic (exact) mass is 489 g/mol. The molecule has 0 bridgehead atoms. The van der Waals surface area contributed by atoms with E-state index < -0.39 is 0 Å². The van der Waals surface area contributed by atoms with Gasteiger partial charge in [0.15, 0.2) is 0 Å². The summed E-state index contributed by atoms with van der Waals surface area (Å²) >= 11 is 0. The highest BCUT2D eigenvalue weighted by Gasteiger charge is 2.31. The highest BCUT2D eigenvalue weighted by molar-refractivity contribution is 5.68. The van der Waals surface area contributed by atoms with Crippen molar-refractivity contribution in [2.75, 3.05) is 45.8 Å². The van der Waals surface area contributed by atoms with Gasteiger partial charge in [0.1, 0.15) is 23.4 Å². The van der Waals surface area contributed by atoms with Gasteiger partial charge in [-0.15, -0.1) is 0 Å². The molecule has 0 spiro atoms. The summed E-state index contributed by atoms with van der Waals surface area (Å²) in [4.78, 5) is 11.3. The Morgan fingerprint density at radius 3 is 2.36 bits per heavy atom. The van der Waals surface area contributed by atoms with Crippen LogP contribution in [0.3, 0.4) is 0 Å². The summed E-state index contributed by atoms with van der Waals surface area (Å²) in [5.74, 6) is 1.14. The molecule has 1 aromatic heterocycles. The van der Waals surface area contributed by atoms with Crippen LogP contribution in [0.15, 0.2) is 42.7 Å². The molecule has 186 valence electrons. The Balaban J connectivity index is 1.33. The predicted molar refractivity (Wildman–Crippen MR) is 133 cm³/mol. The van der Waals surface area contributed by atoms with Crippen molar-refractivity contribution in [2.45, 2.75) is 24.8 Å². The first-order chi connectivity index (χ1) is 17.6. The lowest BCUT2D eigenvalue weighted by molar-refractivity contribution is -0.0713. The van der Waals surface area contributed by atoms with Crippen LogP contribution >= 0.6 is 0 Å². The van der Waals surface area contributed by atoms with Crippen LogP contribution in [0.2, 0.25) is 0 Å². The molecular formula is C27H28FN5O3. The number of hydrogen-bond acceptors (Lipinski definition) is 8. The zero-order chi connectivity index (χ0) is 25.1. The van der Waals surface area contributed by atoms with Gasteiger partial charge in [0, 0.05) is 24.0 Å². The zero-order valence-electron chi connectivity index (χ0n) is 20.3. The lowest BCUT2D eigenvalue weighted by atomic mass is 9.88. The van der Waals surface area contributed by atoms with Crippen molar-refractivity contribution >= 4 is 11.6 Å². The zero-order valence-corrected chi connectivity index (χ0v) is 20.3. The summed E-state index contributed by atoms with van der Waals surface area (Å²) in [5.41, 5.74) is 3.38. The Morgan fingerprint density at radius 1 is 1.03 bits per heavy atom. The second-order valence-electron chi connectivity index (χ2n) is 9.02. The number of anilines is 2. The number of likely N-dealkylation sites (tertiary alicyclic amines) is 1. The molecule has 2 aliphatic heterocycles. The third-order valence-electron chi connectivity index (χ3n) is 6.98. The highest BCUT2D eigenvalue weighted by Crippen LogP contribution is 2.37. The predicted octanol–water partition coefficient (Wildman–Crippen LogP) is 4.49. The fourth-order valence-corrected chi connectivity index (χ4v) is 4.79. The minimum atomic E-state index is -0.256. The van der Waals surface area contributed by atoms with Crippen LogP contribution in [0.1, 0.15) is 29.9 Å². The Morgan fingerprint density at radius 2 is 1.75 bits per heavy atom. The Kier molecular flexibility index (Phi) is 6.98. The maximum Gasteiger partial charge on any atom is 0.227 e. The van der Waals surface area contributed by atoms with Crippen LogP contribution < -0.4 is 14.8 Å². The lowest BCUT2D eigenvalue weighted by Gasteiger charge is -2.41. The fraction of sp³-hybridized carbons (Fsp3) is 0.370. The van der Waals surface area contributed by atoms with Gasteiger partial charge in [0.05, 0.1) is 44.7 Å². The average molecular weight is 490 g/mol. The van der Waals surface area contributed by atoms with E-state index in [4.69, 9.17) is 14.2 Å². The van der Waals surface area contributed by atoms with Crippen LogP contribution in [0.4, 0.5) is 16.0 Å². The second kappa shape index (κ2) is 10.5. The molecule has 3 aromatic rings. The SMILES string of the molecule is COc1cc(-c2cnc(Nc3cc(C4CCN(C5COC5)CC4)c(F)cc3OC)nc2)ccc1C#N. The van der Waals surface area contributed by atoms with Gasteiger partial charge in [-0.05, 0) is 61.2 Å². The van der Waals surface area contributed by atoms with Crippen LogP contribution in [0.25, 0.3) is 11.1 Å². The summed E-state index contributed by atoms with van der Waals surface area (Å²) in [6.07, 6.45) is 5.18. The van der Waals surface area contributed by atoms with E-state index in [1.165, 1.54) is 20.3 Å². The first-order valence-electron chi connectivity index (χ1n) is 12.0. The number of benzene rings is 2. The van der Waals surface area contributed by atoms with Gasteiger partial charge >= 0.3 is 0 Å². The van der Waals surface area contributed by atoms with E-state index in [0.717, 1.165) is 50.3 Å². The van der Waals surface area contributed by atoms with Gasteiger partial charge in [0.2, 0.25) is 5.95 Å². The molecule has 2 aliphatic rings. The second-order valence-corrected chi connectivity index (χ2v) is 9.02. The van der Waals surface area contributed by atoms with E-state index in [1.807, 2.05) is 12.1 Å². The summed E-state index contributed by atoms with van der Waals surface area (Å²) in [5, 5.41) is 12.4. The fourth-order valence-electron chi connectivity index (χ4n) is 4.79. The number of aromatic nitrogens is 2. The molecule has 0 saturated carbocycles. The molecular weight excluding hydrogens is 461 g/mol. The van der Waals surface area contributed by atoms with Crippen molar-refractivity contribution in [3.8, 4) is 28.7 Å². The third kappa shape index (κ3) is 4.83. The number of ether oxygens (including phenoxy) is 3. The van der Waals surface area contributed by atoms with Crippen molar-refractivity contribution < 1.29 is 18.6 Å². The van der Waals surface area contributed by atoms with Gasteiger partial charge in [-0.25, -0.2) is 14.4 Å². The molecule has 2 aromatic carbocycles. The number of nitrogens with one attached hydrogen (secondary N) is 1. The smallest absolute Gasteiger partial charge is 0.227 e. The van der Waals surface area contributed by atoms with E-state index in [9.17, 15) is 5.26 Å². The van der Waals surface area contributed by atoms with Crippen molar-refractivity contribution in [3.05, 3.63) is 59.7 Å². The maximum absolute atomic E-state index is 15.0. The molecule has 9 heteroatoms. The van der Waals surface area contributed by atoms with Crippen LogP contribution in [-0.4, -0.2) is 61.4 Å². The first kappa shape index (κ1) is 24.0. The van der Waals surface area contributed by atoms with E-state index in [2.05, 4.69) is 26.3 Å². The quantitative estimate of drug-likeness (QED) is 0.519. The van der Waals surface area contributed by atoms with Gasteiger partial charge in [-0.1, -0.05) is 6.07 Å². The maximum atomic E-state index is 15.0. The highest BCUT2D eigenvalue weighted by atomic mass is 19.1. The van der Waals surface area contributed by atoms with Gasteiger partial charge in [0.25, 0.3) is 0 Å². The van der Waals surface area contributed by atoms with Gasteiger partial charge in [-0.3, -0.25) is 4.90 Å². The Labute approximate surface area is 209 Å². The van der Waals surface area contributed by atoms with Crippen molar-refractivity contribution in [1.29, 1.82) is 5.26 Å². The number of halogens is 1. The molecule has 2 fully saturated rings. The number of piperidine rings is 1. The molecule has 0 amide bonds. The standard InChI is InChI=1S/C27H28FN5O3/c1-34-25-9-18(3-4-19(25)12-29)20-13-30-27(31-14-20)32-24-10-22(23(28)11-26(24)35-2)17-5-7-33(8-6-17)21-15-36-16-21/h3-4,9-11,13-14,17,21H,5-8,15-16H2,1-2H3,(H,30,31,32). The molecule has 0 unspecified atom stereocenters. The normalized spacial score (nSPS) is 16.7. The minimum Gasteiger partial charge on any atom is -0.495 e. The largest absolute Gasteiger partial charge is 0.495 e. The molecule has 36 heavy (non-hydrogen) atoms. The van der Waals surface area contributed by atoms with E-state index >= 15 is 4.39 Å². The lowest BCUT2D eigenvalue weighted by Crippen LogP contribution is -2.51. The minimum absolute atomic E-state index is 0.142. The van der Waals surface area contributed by atoms with Crippen LogP contribution in [0.5, 0.6) is 11.5 Å². The van der Waals surface area contributed by atoms with E-state index in [0.29, 0.717) is 40.3 Å². The summed E-state index contributed by atoms with van der Waals surface area (Å²) in [7, 11) is 3.04. The molecule has 8 nitrogen and oxygen atoms in total. The van der Waals surface area contributed by atoms with E-state index in [-0.39, 0.29) is 11.7 Å². The number of nitriles is 1. The van der Waals surface area contributed by atoms with Crippen molar-refractivity contribution in [1.82, 2.24) is 14.9 Å². The Hall–Kier alpha value is -3.74. The number of methoxy groups -OCH3 is 2. The topological polar surface area (TPSA) is 92.5 Å². The van der Waals surface area contributed by atoms with Crippen molar-refractivity contribution in [3.63, 3.8) is 0 Å². The summed E-state index contributed by atoms with van der Waals surface area (Å²) in [6, 6.07) is 11.2. The van der Waals surface area contributed by atoms with Crippen molar-refractivity contribution in [2.24, 2.45) is 0 Å². The molecule has 5 rings (SSSR count). The van der Waals surface area contributed by atoms with Crippen LogP contribution in [-0.2, 0) is 4.74 Å². The molecule has 3 heterocycles. The van der Waals surface area contributed by atoms with Crippen LogP contribution in [0, 0.1) is 17.1 Å². The molecule has 0 atom stereocenters.